The van der Waals surface area contributed by atoms with Gasteiger partial charge in [-0.2, -0.15) is 0 Å². The third-order valence-corrected chi connectivity index (χ3v) is 8.00. The predicted molar refractivity (Wildman–Crippen MR) is 137 cm³/mol. The van der Waals surface area contributed by atoms with Gasteiger partial charge in [0.2, 0.25) is 0 Å². The molecule has 4 rings (SSSR count). The van der Waals surface area contributed by atoms with E-state index in [1.54, 1.807) is 24.3 Å². The van der Waals surface area contributed by atoms with Crippen LogP contribution in [0.4, 0.5) is 10.2 Å². The van der Waals surface area contributed by atoms with Crippen molar-refractivity contribution in [1.82, 2.24) is 24.2 Å². The number of anilines is 1. The molecular formula is C24H32FN6O5P. The Bertz CT molecular complexity index is 1190. The number of hydrogen-bond acceptors (Lipinski definition) is 9. The number of amides is 1. The molecule has 0 radical (unpaired) electrons. The van der Waals surface area contributed by atoms with Gasteiger partial charge in [-0.1, -0.05) is 18.2 Å². The summed E-state index contributed by atoms with van der Waals surface area (Å²) in [6.07, 6.45) is -2.21. The zero-order chi connectivity index (χ0) is 26.7. The van der Waals surface area contributed by atoms with Gasteiger partial charge in [0, 0.05) is 24.8 Å². The quantitative estimate of drug-likeness (QED) is 0.375. The molecule has 0 aliphatic carbocycles. The van der Waals surface area contributed by atoms with Crippen LogP contribution in [0.2, 0.25) is 0 Å². The molecule has 0 bridgehead atoms. The summed E-state index contributed by atoms with van der Waals surface area (Å²) in [6, 6.07) is 8.86. The van der Waals surface area contributed by atoms with Gasteiger partial charge in [0.25, 0.3) is 14.4 Å². The van der Waals surface area contributed by atoms with Crippen LogP contribution in [-0.4, -0.2) is 79.4 Å². The summed E-state index contributed by atoms with van der Waals surface area (Å²) in [6.45, 7) is 7.58. The third kappa shape index (κ3) is 5.64. The molecule has 1 amide bonds. The van der Waals surface area contributed by atoms with E-state index in [4.69, 9.17) is 13.8 Å². The summed E-state index contributed by atoms with van der Waals surface area (Å²) in [5.41, 5.74) is 0.995. The van der Waals surface area contributed by atoms with Crippen LogP contribution in [0.25, 0.3) is 11.2 Å². The molecule has 1 aliphatic rings. The van der Waals surface area contributed by atoms with Gasteiger partial charge in [0.1, 0.15) is 18.5 Å². The van der Waals surface area contributed by atoms with Gasteiger partial charge in [0.15, 0.2) is 29.4 Å². The molecule has 3 aromatic rings. The number of benzene rings is 1. The Morgan fingerprint density at radius 3 is 2.54 bits per heavy atom. The highest BCUT2D eigenvalue weighted by Crippen LogP contribution is 2.50. The Labute approximate surface area is 215 Å². The van der Waals surface area contributed by atoms with E-state index in [-0.39, 0.29) is 35.0 Å². The molecule has 0 saturated carbocycles. The number of nitrogens with one attached hydrogen (secondary N) is 1. The average Bonchev–Trinajstić information content (AvgIpc) is 3.45. The minimum Gasteiger partial charge on any atom is -0.394 e. The second-order valence-corrected chi connectivity index (χ2v) is 10.6. The van der Waals surface area contributed by atoms with Crippen molar-refractivity contribution < 1.29 is 28.1 Å². The van der Waals surface area contributed by atoms with E-state index in [1.807, 2.05) is 38.4 Å². The van der Waals surface area contributed by atoms with Crippen LogP contribution in [-0.2, 0) is 13.8 Å². The highest BCUT2D eigenvalue weighted by atomic mass is 31.2. The molecule has 200 valence electrons. The number of aliphatic hydroxyl groups excluding tert-OH is 1. The maximum atomic E-state index is 15.9. The molecular weight excluding hydrogens is 502 g/mol. The Balaban J connectivity index is 1.59. The zero-order valence-corrected chi connectivity index (χ0v) is 22.2. The Hall–Kier alpha value is -2.60. The van der Waals surface area contributed by atoms with Crippen LogP contribution in [0.1, 0.15) is 44.3 Å². The lowest BCUT2D eigenvalue weighted by Gasteiger charge is -2.36. The topological polar surface area (TPSA) is 124 Å². The number of nitrogens with zero attached hydrogens (tertiary/aromatic N) is 5. The Morgan fingerprint density at radius 1 is 1.22 bits per heavy atom. The number of aliphatic hydroxyl groups is 1. The number of imidazole rings is 1. The van der Waals surface area contributed by atoms with Gasteiger partial charge in [-0.3, -0.25) is 9.36 Å². The van der Waals surface area contributed by atoms with Crippen LogP contribution in [0.5, 0.6) is 0 Å². The van der Waals surface area contributed by atoms with Gasteiger partial charge in [0.05, 0.1) is 12.9 Å². The van der Waals surface area contributed by atoms with Crippen LogP contribution >= 0.6 is 8.53 Å². The van der Waals surface area contributed by atoms with E-state index in [0.29, 0.717) is 5.56 Å². The Morgan fingerprint density at radius 2 is 1.92 bits per heavy atom. The van der Waals surface area contributed by atoms with Crippen LogP contribution in [0.3, 0.4) is 0 Å². The van der Waals surface area contributed by atoms with E-state index in [0.717, 1.165) is 0 Å². The normalized spacial score (nSPS) is 22.9. The van der Waals surface area contributed by atoms with Crippen molar-refractivity contribution in [1.29, 1.82) is 0 Å². The molecule has 2 unspecified atom stereocenters. The summed E-state index contributed by atoms with van der Waals surface area (Å²) in [5, 5.41) is 12.7. The molecule has 3 heterocycles. The second kappa shape index (κ2) is 11.8. The molecule has 2 aromatic heterocycles. The van der Waals surface area contributed by atoms with Crippen LogP contribution < -0.4 is 5.32 Å². The van der Waals surface area contributed by atoms with Crippen molar-refractivity contribution in [3.63, 3.8) is 0 Å². The lowest BCUT2D eigenvalue weighted by atomic mass is 10.1. The lowest BCUT2D eigenvalue weighted by molar-refractivity contribution is -0.0443. The first kappa shape index (κ1) is 27.4. The number of rotatable bonds is 10. The molecule has 2 N–H and O–H groups in total. The smallest absolute Gasteiger partial charge is 0.259 e. The summed E-state index contributed by atoms with van der Waals surface area (Å²) in [7, 11) is -0.0976. The summed E-state index contributed by atoms with van der Waals surface area (Å²) in [5.74, 6) is -0.179. The number of halogens is 1. The molecule has 5 atom stereocenters. The zero-order valence-electron chi connectivity index (χ0n) is 21.4. The highest BCUT2D eigenvalue weighted by molar-refractivity contribution is 7.44. The Kier molecular flexibility index (Phi) is 8.79. The largest absolute Gasteiger partial charge is 0.394 e. The SMILES string of the molecule is COP(O[C@@H]1[C@@H](CO)OC(n2cnc3c(NC(=O)c4ccccc4)ncnc32)[C@@H]1F)N(C(C)C)C(C)C. The lowest BCUT2D eigenvalue weighted by Crippen LogP contribution is -2.38. The maximum absolute atomic E-state index is 15.9. The first-order valence-electron chi connectivity index (χ1n) is 12.0. The van der Waals surface area contributed by atoms with Crippen LogP contribution in [0, 0.1) is 0 Å². The van der Waals surface area contributed by atoms with E-state index in [2.05, 4.69) is 20.3 Å². The van der Waals surface area contributed by atoms with Gasteiger partial charge in [-0.25, -0.2) is 24.0 Å². The van der Waals surface area contributed by atoms with Gasteiger partial charge < -0.3 is 24.2 Å². The van der Waals surface area contributed by atoms with E-state index < -0.39 is 39.7 Å². The number of alkyl halides is 1. The van der Waals surface area contributed by atoms with E-state index in [9.17, 15) is 9.90 Å². The van der Waals surface area contributed by atoms with Gasteiger partial charge >= 0.3 is 0 Å². The minimum atomic E-state index is -1.66. The minimum absolute atomic E-state index is 0.0913. The molecule has 1 aromatic carbocycles. The van der Waals surface area contributed by atoms with Crippen molar-refractivity contribution in [2.24, 2.45) is 0 Å². The number of hydrogen-bond donors (Lipinski definition) is 2. The fourth-order valence-corrected chi connectivity index (χ4v) is 5.96. The molecule has 11 nitrogen and oxygen atoms in total. The number of ether oxygens (including phenoxy) is 1. The predicted octanol–water partition coefficient (Wildman–Crippen LogP) is 3.68. The maximum Gasteiger partial charge on any atom is 0.259 e. The molecule has 1 aliphatic heterocycles. The standard InChI is InChI=1S/C24H32FN6O5P/c1-14(2)31(15(3)4)37(34-5)36-20-17(11-32)35-24(18(20)25)30-13-28-19-21(26-12-27-22(19)30)29-23(33)16-9-7-6-8-10-16/h6-10,12-15,17-18,20,24,32H,11H2,1-5H3,(H,26,27,29,33)/t17-,18-,20-,24?,37?/m1/s1. The van der Waals surface area contributed by atoms with E-state index >= 15 is 4.39 Å². The number of aromatic nitrogens is 4. The fourth-order valence-electron chi connectivity index (χ4n) is 4.36. The van der Waals surface area contributed by atoms with Crippen molar-refractivity contribution in [3.05, 3.63) is 48.5 Å². The molecule has 13 heteroatoms. The van der Waals surface area contributed by atoms with Crippen molar-refractivity contribution in [2.45, 2.75) is 64.4 Å². The van der Waals surface area contributed by atoms with Gasteiger partial charge in [-0.15, -0.1) is 0 Å². The van der Waals surface area contributed by atoms with Crippen LogP contribution in [0.15, 0.2) is 43.0 Å². The first-order valence-corrected chi connectivity index (χ1v) is 13.1. The monoisotopic (exact) mass is 534 g/mol. The number of fused-ring (bicyclic) bond motifs is 1. The first-order chi connectivity index (χ1) is 17.8. The van der Waals surface area contributed by atoms with E-state index in [1.165, 1.54) is 24.3 Å². The van der Waals surface area contributed by atoms with Crippen molar-refractivity contribution in [2.75, 3.05) is 19.0 Å². The van der Waals surface area contributed by atoms with Crippen molar-refractivity contribution >= 4 is 31.4 Å². The molecule has 37 heavy (non-hydrogen) atoms. The summed E-state index contributed by atoms with van der Waals surface area (Å²) in [4.78, 5) is 25.3. The highest BCUT2D eigenvalue weighted by Gasteiger charge is 2.49. The molecule has 1 saturated heterocycles. The molecule has 0 spiro atoms. The summed E-state index contributed by atoms with van der Waals surface area (Å²) >= 11 is 0. The number of carbonyl (C=O) groups excluding carboxylic acids is 1. The summed E-state index contributed by atoms with van der Waals surface area (Å²) < 4.78 is 36.9. The van der Waals surface area contributed by atoms with Crippen molar-refractivity contribution in [3.8, 4) is 0 Å². The van der Waals surface area contributed by atoms with Gasteiger partial charge in [-0.05, 0) is 39.8 Å². The fraction of sp³-hybridized carbons (Fsp3) is 0.500. The second-order valence-electron chi connectivity index (χ2n) is 9.12. The number of carbonyl (C=O) groups is 1. The third-order valence-electron chi connectivity index (χ3n) is 5.96. The molecule has 1 fully saturated rings. The average molecular weight is 535 g/mol.